The maximum atomic E-state index is 12.2. The number of aromatic nitrogens is 2. The van der Waals surface area contributed by atoms with Crippen LogP contribution >= 0.6 is 0 Å². The fourth-order valence-corrected chi connectivity index (χ4v) is 4.28. The fourth-order valence-electron chi connectivity index (χ4n) is 4.28. The molecule has 172 valence electrons. The molecule has 1 heterocycles. The molecule has 0 bridgehead atoms. The van der Waals surface area contributed by atoms with Crippen molar-refractivity contribution in [3.8, 4) is 22.3 Å². The van der Waals surface area contributed by atoms with Crippen LogP contribution in [0.25, 0.3) is 22.3 Å². The van der Waals surface area contributed by atoms with Crippen molar-refractivity contribution in [1.82, 2.24) is 9.55 Å². The minimum Gasteiger partial charge on any atom is -0.379 e. The Morgan fingerprint density at radius 3 is 2.14 bits per heavy atom. The van der Waals surface area contributed by atoms with Crippen LogP contribution in [0.5, 0.6) is 0 Å². The molecule has 35 heavy (non-hydrogen) atoms. The van der Waals surface area contributed by atoms with E-state index >= 15 is 0 Å². The summed E-state index contributed by atoms with van der Waals surface area (Å²) in [6.45, 7) is 3.00. The van der Waals surface area contributed by atoms with E-state index in [1.807, 2.05) is 61.1 Å². The molecule has 0 aliphatic carbocycles. The molecule has 5 rings (SSSR count). The van der Waals surface area contributed by atoms with Crippen molar-refractivity contribution in [2.45, 2.75) is 20.0 Å². The first-order valence-corrected chi connectivity index (χ1v) is 11.7. The van der Waals surface area contributed by atoms with Gasteiger partial charge in [0.1, 0.15) is 0 Å². The second-order valence-electron chi connectivity index (χ2n) is 8.61. The van der Waals surface area contributed by atoms with Gasteiger partial charge in [0.25, 0.3) is 0 Å². The average molecular weight is 458 g/mol. The van der Waals surface area contributed by atoms with E-state index in [-0.39, 0.29) is 5.78 Å². The zero-order valence-corrected chi connectivity index (χ0v) is 19.7. The number of carbonyl (C=O) groups excluding carboxylic acids is 1. The number of carbonyl (C=O) groups is 1. The second-order valence-corrected chi connectivity index (χ2v) is 8.61. The second kappa shape index (κ2) is 10.2. The summed E-state index contributed by atoms with van der Waals surface area (Å²) in [6.07, 6.45) is 3.77. The van der Waals surface area contributed by atoms with Crippen molar-refractivity contribution >= 4 is 11.5 Å². The summed E-state index contributed by atoms with van der Waals surface area (Å²) in [5, 5.41) is 3.51. The summed E-state index contributed by atoms with van der Waals surface area (Å²) in [6, 6.07) is 35.0. The predicted molar refractivity (Wildman–Crippen MR) is 142 cm³/mol. The third kappa shape index (κ3) is 5.22. The smallest absolute Gasteiger partial charge is 0.160 e. The van der Waals surface area contributed by atoms with Crippen LogP contribution in [0.2, 0.25) is 0 Å². The highest BCUT2D eigenvalue weighted by molar-refractivity contribution is 6.01. The number of benzene rings is 4. The van der Waals surface area contributed by atoms with Gasteiger partial charge in [-0.05, 0) is 52.9 Å². The maximum absolute atomic E-state index is 12.2. The topological polar surface area (TPSA) is 46.9 Å². The first kappa shape index (κ1) is 22.4. The van der Waals surface area contributed by atoms with Gasteiger partial charge in [-0.3, -0.25) is 4.79 Å². The van der Waals surface area contributed by atoms with Crippen molar-refractivity contribution in [3.05, 3.63) is 132 Å². The quantitative estimate of drug-likeness (QED) is 0.253. The minimum absolute atomic E-state index is 0.0618. The molecule has 1 aromatic heterocycles. The van der Waals surface area contributed by atoms with Crippen LogP contribution < -0.4 is 5.32 Å². The lowest BCUT2D eigenvalue weighted by Gasteiger charge is -2.13. The van der Waals surface area contributed by atoms with Gasteiger partial charge in [-0.2, -0.15) is 0 Å². The zero-order valence-electron chi connectivity index (χ0n) is 19.7. The van der Waals surface area contributed by atoms with E-state index < -0.39 is 0 Å². The van der Waals surface area contributed by atoms with Crippen molar-refractivity contribution in [2.75, 3.05) is 5.32 Å². The molecule has 0 fully saturated rings. The molecule has 0 aliphatic heterocycles. The van der Waals surface area contributed by atoms with Crippen LogP contribution in [0, 0.1) is 0 Å². The summed E-state index contributed by atoms with van der Waals surface area (Å²) in [5.74, 6) is 0.0618. The first-order chi connectivity index (χ1) is 17.2. The normalized spacial score (nSPS) is 10.8. The predicted octanol–water partition coefficient (Wildman–Crippen LogP) is 7.08. The lowest BCUT2D eigenvalue weighted by Crippen LogP contribution is -2.08. The Kier molecular flexibility index (Phi) is 6.53. The minimum atomic E-state index is 0.0618. The van der Waals surface area contributed by atoms with E-state index in [1.54, 1.807) is 6.92 Å². The standard InChI is InChI=1S/C31H27N3O/c1-23(35)30-17-16-28(18-31(30)27-10-6-3-7-11-27)33-20-29-19-32-22-34(29)21-24-12-14-26(15-13-24)25-8-4-2-5-9-25/h2-19,22,33H,20-21H2,1H3. The molecule has 0 saturated carbocycles. The Morgan fingerprint density at radius 2 is 1.46 bits per heavy atom. The monoisotopic (exact) mass is 457 g/mol. The van der Waals surface area contributed by atoms with E-state index in [1.165, 1.54) is 16.7 Å². The summed E-state index contributed by atoms with van der Waals surface area (Å²) in [4.78, 5) is 16.6. The first-order valence-electron chi connectivity index (χ1n) is 11.7. The molecule has 4 aromatic carbocycles. The largest absolute Gasteiger partial charge is 0.379 e. The molecule has 0 spiro atoms. The summed E-state index contributed by atoms with van der Waals surface area (Å²) < 4.78 is 2.16. The van der Waals surface area contributed by atoms with Crippen LogP contribution in [-0.4, -0.2) is 15.3 Å². The van der Waals surface area contributed by atoms with Gasteiger partial charge in [0.15, 0.2) is 5.78 Å². The van der Waals surface area contributed by atoms with E-state index in [4.69, 9.17) is 0 Å². The van der Waals surface area contributed by atoms with Gasteiger partial charge in [0, 0.05) is 24.0 Å². The van der Waals surface area contributed by atoms with E-state index in [0.717, 1.165) is 34.6 Å². The number of rotatable bonds is 8. The fraction of sp³-hybridized carbons (Fsp3) is 0.0968. The van der Waals surface area contributed by atoms with Gasteiger partial charge in [0.2, 0.25) is 0 Å². The van der Waals surface area contributed by atoms with Gasteiger partial charge in [-0.1, -0.05) is 84.9 Å². The molecule has 1 N–H and O–H groups in total. The van der Waals surface area contributed by atoms with E-state index in [0.29, 0.717) is 6.54 Å². The zero-order chi connectivity index (χ0) is 24.0. The lowest BCUT2D eigenvalue weighted by atomic mass is 9.97. The highest BCUT2D eigenvalue weighted by Gasteiger charge is 2.11. The number of ketones is 1. The Hall–Kier alpha value is -4.44. The van der Waals surface area contributed by atoms with Crippen LogP contribution in [0.4, 0.5) is 5.69 Å². The number of nitrogens with one attached hydrogen (secondary N) is 1. The van der Waals surface area contributed by atoms with Gasteiger partial charge in [-0.25, -0.2) is 4.98 Å². The molecular weight excluding hydrogens is 430 g/mol. The summed E-state index contributed by atoms with van der Waals surface area (Å²) >= 11 is 0. The highest BCUT2D eigenvalue weighted by atomic mass is 16.1. The van der Waals surface area contributed by atoms with Gasteiger partial charge >= 0.3 is 0 Å². The van der Waals surface area contributed by atoms with Crippen LogP contribution in [-0.2, 0) is 13.1 Å². The van der Waals surface area contributed by atoms with Gasteiger partial charge < -0.3 is 9.88 Å². The van der Waals surface area contributed by atoms with Crippen molar-refractivity contribution in [2.24, 2.45) is 0 Å². The van der Waals surface area contributed by atoms with Crippen LogP contribution in [0.15, 0.2) is 116 Å². The number of Topliss-reactive ketones (excluding diaryl/α,β-unsaturated/α-hetero) is 1. The number of nitrogens with zero attached hydrogens (tertiary/aromatic N) is 2. The molecule has 0 unspecified atom stereocenters. The van der Waals surface area contributed by atoms with Crippen LogP contribution in [0.3, 0.4) is 0 Å². The Bertz CT molecular complexity index is 1420. The van der Waals surface area contributed by atoms with Crippen molar-refractivity contribution < 1.29 is 4.79 Å². The number of imidazole rings is 1. The molecular formula is C31H27N3O. The third-order valence-corrected chi connectivity index (χ3v) is 6.17. The molecule has 0 radical (unpaired) electrons. The molecule has 0 amide bonds. The molecule has 0 saturated heterocycles. The van der Waals surface area contributed by atoms with E-state index in [9.17, 15) is 4.79 Å². The molecule has 0 aliphatic rings. The van der Waals surface area contributed by atoms with Crippen molar-refractivity contribution in [1.29, 1.82) is 0 Å². The highest BCUT2D eigenvalue weighted by Crippen LogP contribution is 2.28. The van der Waals surface area contributed by atoms with Gasteiger partial charge in [-0.15, -0.1) is 0 Å². The van der Waals surface area contributed by atoms with Gasteiger partial charge in [0.05, 0.1) is 18.6 Å². The molecule has 5 aromatic rings. The lowest BCUT2D eigenvalue weighted by molar-refractivity contribution is 0.101. The molecule has 4 nitrogen and oxygen atoms in total. The number of anilines is 1. The maximum Gasteiger partial charge on any atom is 0.160 e. The summed E-state index contributed by atoms with van der Waals surface area (Å²) in [7, 11) is 0. The van der Waals surface area contributed by atoms with Crippen molar-refractivity contribution in [3.63, 3.8) is 0 Å². The number of hydrogen-bond acceptors (Lipinski definition) is 3. The number of hydrogen-bond donors (Lipinski definition) is 1. The molecule has 4 heteroatoms. The SMILES string of the molecule is CC(=O)c1ccc(NCc2cncn2Cc2ccc(-c3ccccc3)cc2)cc1-c1ccccc1. The Labute approximate surface area is 205 Å². The molecule has 0 atom stereocenters. The average Bonchev–Trinajstić information content (AvgIpc) is 3.35. The Balaban J connectivity index is 1.30. The van der Waals surface area contributed by atoms with Crippen LogP contribution in [0.1, 0.15) is 28.5 Å². The summed E-state index contributed by atoms with van der Waals surface area (Å²) in [5.41, 5.74) is 8.41. The Morgan fingerprint density at radius 1 is 0.800 bits per heavy atom. The van der Waals surface area contributed by atoms with E-state index in [2.05, 4.69) is 69.5 Å². The third-order valence-electron chi connectivity index (χ3n) is 6.17.